The molecule has 0 fully saturated rings. The first-order valence-corrected chi connectivity index (χ1v) is 3.07. The van der Waals surface area contributed by atoms with E-state index in [1.54, 1.807) is 0 Å². The molecule has 0 aromatic rings. The molecule has 0 N–H and O–H groups in total. The quantitative estimate of drug-likeness (QED) is 0.636. The van der Waals surface area contributed by atoms with Crippen LogP contribution in [0.2, 0.25) is 0 Å². The second-order valence-electron chi connectivity index (χ2n) is 0.964. The molecule has 0 aliphatic rings. The summed E-state index contributed by atoms with van der Waals surface area (Å²) in [5.74, 6) is 0. The molecule has 0 atom stereocenters. The van der Waals surface area contributed by atoms with Crippen molar-refractivity contribution in [3.63, 3.8) is 0 Å². The predicted octanol–water partition coefficient (Wildman–Crippen LogP) is 0.911. The maximum absolute atomic E-state index is 3.64. The molecule has 0 amide bonds. The fourth-order valence-corrected chi connectivity index (χ4v) is 0. The molecule has 0 saturated heterocycles. The first-order valence-electron chi connectivity index (χ1n) is 1.38. The van der Waals surface area contributed by atoms with Crippen molar-refractivity contribution in [2.75, 3.05) is 0 Å². The molecule has 0 bridgehead atoms. The van der Waals surface area contributed by atoms with Crippen LogP contribution >= 0.6 is 0 Å². The molecule has 0 nitrogen and oxygen atoms in total. The Balaban J connectivity index is 3.20. The molecular formula is C4H6W. The average molecular weight is 238 g/mol. The molecule has 0 radical (unpaired) electrons. The number of hydrogen-bond donors (Lipinski definition) is 0. The van der Waals surface area contributed by atoms with Crippen LogP contribution in [0.5, 0.6) is 0 Å². The van der Waals surface area contributed by atoms with Crippen LogP contribution in [-0.4, -0.2) is 4.40 Å². The Bertz CT molecular complexity index is 54.7. The summed E-state index contributed by atoms with van der Waals surface area (Å²) in [5, 5.41) is 0. The number of allylic oxidation sites excluding steroid dienone is 1. The van der Waals surface area contributed by atoms with Crippen LogP contribution in [0.3, 0.4) is 0 Å². The van der Waals surface area contributed by atoms with Crippen molar-refractivity contribution in [1.29, 1.82) is 0 Å². The molecule has 0 aliphatic carbocycles. The van der Waals surface area contributed by atoms with Gasteiger partial charge in [-0.2, -0.15) is 0 Å². The van der Waals surface area contributed by atoms with Gasteiger partial charge >= 0.3 is 42.8 Å². The summed E-state index contributed by atoms with van der Waals surface area (Å²) in [6.45, 7) is 5.63. The topological polar surface area (TPSA) is 0 Å². The average Bonchev–Trinajstić information content (AvgIpc) is 1.38. The summed E-state index contributed by atoms with van der Waals surface area (Å²) in [6.07, 6.45) is 0. The van der Waals surface area contributed by atoms with Gasteiger partial charge < -0.3 is 0 Å². The van der Waals surface area contributed by atoms with Crippen LogP contribution in [0.4, 0.5) is 0 Å². The maximum atomic E-state index is 3.64. The van der Waals surface area contributed by atoms with Gasteiger partial charge in [0.25, 0.3) is 0 Å². The van der Waals surface area contributed by atoms with Gasteiger partial charge in [-0.1, -0.05) is 0 Å². The molecule has 0 aromatic heterocycles. The molecule has 5 heavy (non-hydrogen) atoms. The molecule has 0 spiro atoms. The number of hydrogen-bond acceptors (Lipinski definition) is 0. The van der Waals surface area contributed by atoms with E-state index < -0.39 is 0 Å². The van der Waals surface area contributed by atoms with Crippen LogP contribution in [0, 0.1) is 0 Å². The van der Waals surface area contributed by atoms with E-state index in [1.807, 2.05) is 6.92 Å². The van der Waals surface area contributed by atoms with E-state index in [2.05, 4.69) is 11.0 Å². The summed E-state index contributed by atoms with van der Waals surface area (Å²) < 4.78 is 2.06. The van der Waals surface area contributed by atoms with Gasteiger partial charge in [-0.3, -0.25) is 0 Å². The first-order chi connectivity index (χ1) is 2.27. The van der Waals surface area contributed by atoms with Gasteiger partial charge in [0.1, 0.15) is 0 Å². The summed E-state index contributed by atoms with van der Waals surface area (Å²) in [4.78, 5) is 0. The van der Waals surface area contributed by atoms with E-state index in [9.17, 15) is 0 Å². The standard InChI is InChI=1S/C4H6.W/c1-4(2)3;/h1H,2H2,3H3;. The van der Waals surface area contributed by atoms with E-state index in [-0.39, 0.29) is 0 Å². The summed E-state index contributed by atoms with van der Waals surface area (Å²) in [6, 6.07) is 0. The van der Waals surface area contributed by atoms with Crippen molar-refractivity contribution in [2.24, 2.45) is 0 Å². The van der Waals surface area contributed by atoms with Gasteiger partial charge in [-0.15, -0.1) is 0 Å². The molecule has 0 saturated carbocycles. The fourth-order valence-electron chi connectivity index (χ4n) is 0. The van der Waals surface area contributed by atoms with Crippen LogP contribution in [0.25, 0.3) is 0 Å². The minimum atomic E-state index is 1.17. The van der Waals surface area contributed by atoms with Gasteiger partial charge in [-0.25, -0.2) is 0 Å². The zero-order valence-corrected chi connectivity index (χ0v) is 6.13. The van der Waals surface area contributed by atoms with E-state index in [1.165, 1.54) is 24.9 Å². The third-order valence-electron chi connectivity index (χ3n) is 0.201. The van der Waals surface area contributed by atoms with Crippen molar-refractivity contribution in [1.82, 2.24) is 0 Å². The zero-order valence-electron chi connectivity index (χ0n) is 3.19. The van der Waals surface area contributed by atoms with E-state index in [4.69, 9.17) is 0 Å². The van der Waals surface area contributed by atoms with Crippen molar-refractivity contribution in [2.45, 2.75) is 6.92 Å². The molecule has 0 aromatic carbocycles. The second-order valence-corrected chi connectivity index (χ2v) is 1.81. The Labute approximate surface area is 43.3 Å². The normalized spacial score (nSPS) is 6.60. The minimum absolute atomic E-state index is 1.17. The van der Waals surface area contributed by atoms with Crippen LogP contribution in [0.1, 0.15) is 6.92 Å². The van der Waals surface area contributed by atoms with Crippen LogP contribution in [0.15, 0.2) is 12.2 Å². The molecular weight excluding hydrogens is 232 g/mol. The summed E-state index contributed by atoms with van der Waals surface area (Å²) in [7, 11) is 0. The molecule has 0 rings (SSSR count). The van der Waals surface area contributed by atoms with Gasteiger partial charge in [0, 0.05) is 0 Å². The Morgan fingerprint density at radius 2 is 2.20 bits per heavy atom. The number of rotatable bonds is 1. The third kappa shape index (κ3) is 4.30. The van der Waals surface area contributed by atoms with E-state index >= 15 is 0 Å². The van der Waals surface area contributed by atoms with E-state index in [0.29, 0.717) is 0 Å². The first kappa shape index (κ1) is 5.30. The van der Waals surface area contributed by atoms with Gasteiger partial charge in [-0.05, 0) is 0 Å². The Hall–Kier alpha value is 0.298. The Kier molecular flexibility index (Phi) is 2.68. The third-order valence-corrected chi connectivity index (χ3v) is 1.65. The summed E-state index contributed by atoms with van der Waals surface area (Å²) in [5.41, 5.74) is 1.17. The predicted molar refractivity (Wildman–Crippen MR) is 20.9 cm³/mol. The Morgan fingerprint density at radius 1 is 2.00 bits per heavy atom. The summed E-state index contributed by atoms with van der Waals surface area (Å²) >= 11 is 1.48. The van der Waals surface area contributed by atoms with Crippen LogP contribution in [-0.2, 0) is 19.4 Å². The molecule has 0 heterocycles. The van der Waals surface area contributed by atoms with Gasteiger partial charge in [0.15, 0.2) is 0 Å². The second kappa shape index (κ2) is 2.53. The fraction of sp³-hybridized carbons (Fsp3) is 0.250. The monoisotopic (exact) mass is 238 g/mol. The molecule has 1 heteroatoms. The van der Waals surface area contributed by atoms with Crippen molar-refractivity contribution in [3.8, 4) is 0 Å². The van der Waals surface area contributed by atoms with Crippen molar-refractivity contribution < 1.29 is 19.4 Å². The van der Waals surface area contributed by atoms with Gasteiger partial charge in [0.05, 0.1) is 0 Å². The van der Waals surface area contributed by atoms with Crippen molar-refractivity contribution in [3.05, 3.63) is 12.2 Å². The molecule has 0 aliphatic heterocycles. The van der Waals surface area contributed by atoms with Gasteiger partial charge in [0.2, 0.25) is 0 Å². The zero-order chi connectivity index (χ0) is 4.28. The van der Waals surface area contributed by atoms with E-state index in [0.717, 1.165) is 0 Å². The molecule has 0 unspecified atom stereocenters. The van der Waals surface area contributed by atoms with Crippen molar-refractivity contribution >= 4 is 4.40 Å². The molecule has 28 valence electrons. The van der Waals surface area contributed by atoms with Crippen LogP contribution < -0.4 is 0 Å². The Morgan fingerprint density at radius 3 is 2.20 bits per heavy atom. The SMILES string of the molecule is C=C(C)[CH]=[W].